The lowest BCUT2D eigenvalue weighted by molar-refractivity contribution is -0.387. The number of nitrogens with one attached hydrogen (secondary N) is 2. The second-order valence-electron chi connectivity index (χ2n) is 7.04. The van der Waals surface area contributed by atoms with E-state index in [2.05, 4.69) is 10.3 Å². The number of carbonyl (C=O) groups is 3. The van der Waals surface area contributed by atoms with Gasteiger partial charge in [0.05, 0.1) is 16.6 Å². The number of nitro groups is 1. The maximum atomic E-state index is 13.4. The van der Waals surface area contributed by atoms with Crippen molar-refractivity contribution >= 4 is 29.2 Å². The number of anilines is 1. The second kappa shape index (κ2) is 9.37. The monoisotopic (exact) mass is 435 g/mol. The summed E-state index contributed by atoms with van der Waals surface area (Å²) in [7, 11) is 0. The van der Waals surface area contributed by atoms with E-state index in [0.717, 1.165) is 18.2 Å². The number of amides is 1. The summed E-state index contributed by atoms with van der Waals surface area (Å²) >= 11 is 0. The maximum Gasteiger partial charge on any atom is 0.355 e. The van der Waals surface area contributed by atoms with Gasteiger partial charge in [0.1, 0.15) is 5.69 Å². The molecule has 0 saturated carbocycles. The van der Waals surface area contributed by atoms with Crippen molar-refractivity contribution < 1.29 is 33.2 Å². The predicted octanol–water partition coefficient (Wildman–Crippen LogP) is 3.43. The highest BCUT2D eigenvalue weighted by molar-refractivity contribution is 6.00. The molecule has 1 atom stereocenters. The third-order valence-electron chi connectivity index (χ3n) is 4.25. The number of hydrogen-bond donors (Lipinski definition) is 2. The zero-order valence-electron chi connectivity index (χ0n) is 17.6. The van der Waals surface area contributed by atoms with Gasteiger partial charge >= 0.3 is 17.6 Å². The summed E-state index contributed by atoms with van der Waals surface area (Å²) in [5.41, 5.74) is 0.0785. The van der Waals surface area contributed by atoms with Crippen LogP contribution in [0.1, 0.15) is 52.9 Å². The number of benzene rings is 1. The second-order valence-corrected chi connectivity index (χ2v) is 7.04. The van der Waals surface area contributed by atoms with Crippen LogP contribution in [-0.4, -0.2) is 40.0 Å². The molecule has 2 rings (SSSR count). The first kappa shape index (κ1) is 23.5. The van der Waals surface area contributed by atoms with Gasteiger partial charge in [0.2, 0.25) is 5.82 Å². The lowest BCUT2D eigenvalue weighted by Crippen LogP contribution is -2.30. The minimum absolute atomic E-state index is 0.00900. The van der Waals surface area contributed by atoms with E-state index in [-0.39, 0.29) is 23.0 Å². The van der Waals surface area contributed by atoms with Gasteiger partial charge in [-0.2, -0.15) is 4.39 Å². The molecule has 1 aromatic carbocycles. The van der Waals surface area contributed by atoms with E-state index in [0.29, 0.717) is 11.3 Å². The Bertz CT molecular complexity index is 1050. The number of esters is 2. The zero-order chi connectivity index (χ0) is 23.5. The van der Waals surface area contributed by atoms with Crippen molar-refractivity contribution in [2.75, 3.05) is 5.32 Å². The molecule has 2 aromatic rings. The molecule has 0 aliphatic carbocycles. The highest BCUT2D eigenvalue weighted by Crippen LogP contribution is 2.23. The van der Waals surface area contributed by atoms with Crippen molar-refractivity contribution in [1.29, 1.82) is 0 Å². The van der Waals surface area contributed by atoms with Gasteiger partial charge in [-0.25, -0.2) is 9.59 Å². The smallest absolute Gasteiger partial charge is 0.355 e. The molecule has 166 valence electrons. The summed E-state index contributed by atoms with van der Waals surface area (Å²) < 4.78 is 23.7. The van der Waals surface area contributed by atoms with Gasteiger partial charge in [-0.15, -0.1) is 0 Å². The summed E-state index contributed by atoms with van der Waals surface area (Å²) in [6.07, 6.45) is -1.63. The van der Waals surface area contributed by atoms with Crippen LogP contribution in [0, 0.1) is 29.8 Å². The van der Waals surface area contributed by atoms with Gasteiger partial charge in [-0.3, -0.25) is 14.9 Å². The van der Waals surface area contributed by atoms with Crippen LogP contribution in [0.4, 0.5) is 15.8 Å². The number of carbonyl (C=O) groups excluding carboxylic acids is 3. The molecule has 11 heteroatoms. The van der Waals surface area contributed by atoms with Crippen molar-refractivity contribution in [2.45, 2.75) is 46.8 Å². The third-order valence-corrected chi connectivity index (χ3v) is 4.25. The van der Waals surface area contributed by atoms with Crippen molar-refractivity contribution in [3.05, 3.63) is 56.6 Å². The molecule has 0 bridgehead atoms. The zero-order valence-corrected chi connectivity index (χ0v) is 17.6. The van der Waals surface area contributed by atoms with Crippen molar-refractivity contribution in [1.82, 2.24) is 4.98 Å². The molecule has 0 aliphatic rings. The molecular formula is C20H22FN3O7. The van der Waals surface area contributed by atoms with Gasteiger partial charge in [-0.05, 0) is 52.3 Å². The van der Waals surface area contributed by atoms with Gasteiger partial charge in [0.15, 0.2) is 6.10 Å². The minimum Gasteiger partial charge on any atom is -0.459 e. The first-order valence-corrected chi connectivity index (χ1v) is 9.28. The number of nitrogens with zero attached hydrogens (tertiary/aromatic N) is 1. The molecule has 0 spiro atoms. The largest absolute Gasteiger partial charge is 0.459 e. The molecule has 31 heavy (non-hydrogen) atoms. The highest BCUT2D eigenvalue weighted by atomic mass is 19.1. The highest BCUT2D eigenvalue weighted by Gasteiger charge is 2.27. The van der Waals surface area contributed by atoms with E-state index in [4.69, 9.17) is 9.47 Å². The molecule has 2 N–H and O–H groups in total. The number of aryl methyl sites for hydroxylation is 1. The molecule has 1 unspecified atom stereocenters. The molecule has 0 fully saturated rings. The van der Waals surface area contributed by atoms with Crippen LogP contribution in [-0.2, 0) is 14.3 Å². The number of H-pyrrole nitrogens is 1. The Morgan fingerprint density at radius 3 is 2.35 bits per heavy atom. The molecule has 0 aliphatic heterocycles. The molecule has 10 nitrogen and oxygen atoms in total. The lowest BCUT2D eigenvalue weighted by Gasteiger charge is -2.13. The number of halogens is 1. The molecule has 0 saturated heterocycles. The van der Waals surface area contributed by atoms with E-state index in [1.165, 1.54) is 6.92 Å². The number of aromatic nitrogens is 1. The Morgan fingerprint density at radius 1 is 1.13 bits per heavy atom. The Kier molecular flexibility index (Phi) is 7.11. The predicted molar refractivity (Wildman–Crippen MR) is 107 cm³/mol. The fourth-order valence-corrected chi connectivity index (χ4v) is 2.78. The Labute approximate surface area is 176 Å². The van der Waals surface area contributed by atoms with E-state index in [1.807, 2.05) is 0 Å². The average molecular weight is 435 g/mol. The first-order chi connectivity index (χ1) is 14.4. The van der Waals surface area contributed by atoms with Crippen LogP contribution in [0.5, 0.6) is 0 Å². The summed E-state index contributed by atoms with van der Waals surface area (Å²) in [4.78, 5) is 49.7. The van der Waals surface area contributed by atoms with Crippen LogP contribution in [0.3, 0.4) is 0 Å². The molecule has 1 aromatic heterocycles. The van der Waals surface area contributed by atoms with Crippen molar-refractivity contribution in [3.63, 3.8) is 0 Å². The van der Waals surface area contributed by atoms with Crippen molar-refractivity contribution in [3.8, 4) is 0 Å². The maximum absolute atomic E-state index is 13.4. The fraction of sp³-hybridized carbons (Fsp3) is 0.350. The standard InChI is InChI=1S/C20H22FN3O7/c1-9(2)30-19(26)16-10(3)17(22-11(16)4)20(27)31-12(5)18(25)23-13-6-7-14(21)15(8-13)24(28)29/h6-9,12,22H,1-5H3,(H,23,25). The normalized spacial score (nSPS) is 11.7. The van der Waals surface area contributed by atoms with Crippen LogP contribution >= 0.6 is 0 Å². The van der Waals surface area contributed by atoms with Crippen molar-refractivity contribution in [2.24, 2.45) is 0 Å². The lowest BCUT2D eigenvalue weighted by atomic mass is 10.1. The van der Waals surface area contributed by atoms with Gasteiger partial charge in [0.25, 0.3) is 5.91 Å². The quantitative estimate of drug-likeness (QED) is 0.386. The minimum atomic E-state index is -1.29. The summed E-state index contributed by atoms with van der Waals surface area (Å²) in [5, 5.41) is 13.1. The SMILES string of the molecule is Cc1[nH]c(C(=O)OC(C)C(=O)Nc2ccc(F)c([N+](=O)[O-])c2)c(C)c1C(=O)OC(C)C. The average Bonchev–Trinajstić information content (AvgIpc) is 2.96. The molecule has 1 heterocycles. The van der Waals surface area contributed by atoms with E-state index in [1.54, 1.807) is 27.7 Å². The Balaban J connectivity index is 2.12. The van der Waals surface area contributed by atoms with E-state index < -0.39 is 40.4 Å². The van der Waals surface area contributed by atoms with Crippen LogP contribution < -0.4 is 5.32 Å². The topological polar surface area (TPSA) is 141 Å². The summed E-state index contributed by atoms with van der Waals surface area (Å²) in [6.45, 7) is 7.82. The Hall–Kier alpha value is -3.76. The number of rotatable bonds is 7. The molecule has 1 amide bonds. The van der Waals surface area contributed by atoms with Gasteiger partial charge in [-0.1, -0.05) is 0 Å². The fourth-order valence-electron chi connectivity index (χ4n) is 2.78. The van der Waals surface area contributed by atoms with Gasteiger partial charge < -0.3 is 19.8 Å². The number of aromatic amines is 1. The number of hydrogen-bond acceptors (Lipinski definition) is 7. The Morgan fingerprint density at radius 2 is 1.77 bits per heavy atom. The van der Waals surface area contributed by atoms with E-state index >= 15 is 0 Å². The molecular weight excluding hydrogens is 413 g/mol. The van der Waals surface area contributed by atoms with E-state index in [9.17, 15) is 28.9 Å². The van der Waals surface area contributed by atoms with Gasteiger partial charge in [0, 0.05) is 17.4 Å². The van der Waals surface area contributed by atoms with Crippen LogP contribution in [0.25, 0.3) is 0 Å². The molecule has 0 radical (unpaired) electrons. The number of nitro benzene ring substituents is 1. The third kappa shape index (κ3) is 5.44. The number of ether oxygens (including phenoxy) is 2. The van der Waals surface area contributed by atoms with Crippen LogP contribution in [0.15, 0.2) is 18.2 Å². The first-order valence-electron chi connectivity index (χ1n) is 9.28. The summed E-state index contributed by atoms with van der Waals surface area (Å²) in [6, 6.07) is 2.83. The van der Waals surface area contributed by atoms with Crippen LogP contribution in [0.2, 0.25) is 0 Å². The summed E-state index contributed by atoms with van der Waals surface area (Å²) in [5.74, 6) is -3.30.